The molecule has 5 nitrogen and oxygen atoms in total. The standard InChI is InChI=1S/C19H21FN2O3S/c20-16-6-1-15(2-7-16)13-21-19(23)12-5-14-3-10-18(11-4-14)26(24,25)22-17-8-9-17/h1-4,6-7,10-11,17,22H,5,8-9,12-13H2,(H,21,23). The van der Waals surface area contributed by atoms with Crippen LogP contribution < -0.4 is 10.0 Å². The van der Waals surface area contributed by atoms with Gasteiger partial charge in [0.15, 0.2) is 0 Å². The first kappa shape index (κ1) is 18.5. The summed E-state index contributed by atoms with van der Waals surface area (Å²) in [6, 6.07) is 12.6. The Morgan fingerprint density at radius 1 is 1.00 bits per heavy atom. The fraction of sp³-hybridized carbons (Fsp3) is 0.316. The van der Waals surface area contributed by atoms with Crippen molar-refractivity contribution in [2.75, 3.05) is 0 Å². The largest absolute Gasteiger partial charge is 0.352 e. The molecule has 7 heteroatoms. The van der Waals surface area contributed by atoms with Gasteiger partial charge >= 0.3 is 0 Å². The Morgan fingerprint density at radius 2 is 1.62 bits per heavy atom. The van der Waals surface area contributed by atoms with Crippen LogP contribution in [0.3, 0.4) is 0 Å². The fourth-order valence-electron chi connectivity index (χ4n) is 2.47. The van der Waals surface area contributed by atoms with Crippen molar-refractivity contribution in [1.29, 1.82) is 0 Å². The average Bonchev–Trinajstić information content (AvgIpc) is 3.43. The van der Waals surface area contributed by atoms with E-state index in [0.717, 1.165) is 24.0 Å². The number of carbonyl (C=O) groups excluding carboxylic acids is 1. The van der Waals surface area contributed by atoms with Gasteiger partial charge in [-0.1, -0.05) is 24.3 Å². The van der Waals surface area contributed by atoms with Crippen molar-refractivity contribution in [1.82, 2.24) is 10.0 Å². The van der Waals surface area contributed by atoms with Crippen molar-refractivity contribution in [3.8, 4) is 0 Å². The van der Waals surface area contributed by atoms with Crippen molar-refractivity contribution in [3.63, 3.8) is 0 Å². The lowest BCUT2D eigenvalue weighted by Gasteiger charge is -2.08. The van der Waals surface area contributed by atoms with Gasteiger partial charge in [-0.2, -0.15) is 0 Å². The van der Waals surface area contributed by atoms with Crippen LogP contribution >= 0.6 is 0 Å². The van der Waals surface area contributed by atoms with Crippen LogP contribution in [0, 0.1) is 5.82 Å². The quantitative estimate of drug-likeness (QED) is 0.743. The van der Waals surface area contributed by atoms with Crippen molar-refractivity contribution in [2.24, 2.45) is 0 Å². The zero-order chi connectivity index (χ0) is 18.6. The minimum Gasteiger partial charge on any atom is -0.352 e. The molecule has 0 radical (unpaired) electrons. The number of rotatable bonds is 8. The molecule has 3 rings (SSSR count). The summed E-state index contributed by atoms with van der Waals surface area (Å²) in [5, 5.41) is 2.79. The highest BCUT2D eigenvalue weighted by atomic mass is 32.2. The second kappa shape index (κ2) is 7.97. The van der Waals surface area contributed by atoms with Gasteiger partial charge in [-0.25, -0.2) is 17.5 Å². The van der Waals surface area contributed by atoms with Crippen molar-refractivity contribution in [2.45, 2.75) is 43.2 Å². The molecule has 0 atom stereocenters. The first-order valence-corrected chi connectivity index (χ1v) is 10.0. The summed E-state index contributed by atoms with van der Waals surface area (Å²) in [6.07, 6.45) is 2.61. The molecule has 1 fully saturated rings. The number of hydrogen-bond acceptors (Lipinski definition) is 3. The molecular formula is C19H21FN2O3S. The van der Waals surface area contributed by atoms with E-state index in [0.29, 0.717) is 19.4 Å². The van der Waals surface area contributed by atoms with E-state index in [1.54, 1.807) is 36.4 Å². The molecule has 1 aliphatic carbocycles. The van der Waals surface area contributed by atoms with E-state index >= 15 is 0 Å². The third-order valence-electron chi connectivity index (χ3n) is 4.18. The van der Waals surface area contributed by atoms with Gasteiger partial charge in [0.05, 0.1) is 4.90 Å². The number of nitrogens with one attached hydrogen (secondary N) is 2. The lowest BCUT2D eigenvalue weighted by molar-refractivity contribution is -0.121. The highest BCUT2D eigenvalue weighted by Gasteiger charge is 2.27. The number of hydrogen-bond donors (Lipinski definition) is 2. The highest BCUT2D eigenvalue weighted by molar-refractivity contribution is 7.89. The molecular weight excluding hydrogens is 355 g/mol. The predicted molar refractivity (Wildman–Crippen MR) is 96.4 cm³/mol. The summed E-state index contributed by atoms with van der Waals surface area (Å²) >= 11 is 0. The summed E-state index contributed by atoms with van der Waals surface area (Å²) in [4.78, 5) is 12.2. The second-order valence-electron chi connectivity index (χ2n) is 6.44. The molecule has 1 aliphatic rings. The third kappa shape index (κ3) is 5.37. The van der Waals surface area contributed by atoms with E-state index in [2.05, 4.69) is 10.0 Å². The molecule has 1 saturated carbocycles. The molecule has 0 aliphatic heterocycles. The average molecular weight is 376 g/mol. The number of carbonyl (C=O) groups is 1. The van der Waals surface area contributed by atoms with E-state index in [1.807, 2.05) is 0 Å². The topological polar surface area (TPSA) is 75.3 Å². The van der Waals surface area contributed by atoms with Crippen LogP contribution in [-0.4, -0.2) is 20.4 Å². The maximum Gasteiger partial charge on any atom is 0.240 e. The lowest BCUT2D eigenvalue weighted by Crippen LogP contribution is -2.25. The molecule has 138 valence electrons. The zero-order valence-electron chi connectivity index (χ0n) is 14.2. The van der Waals surface area contributed by atoms with Crippen LogP contribution in [-0.2, 0) is 27.8 Å². The first-order valence-electron chi connectivity index (χ1n) is 8.55. The minimum atomic E-state index is -3.44. The molecule has 0 spiro atoms. The highest BCUT2D eigenvalue weighted by Crippen LogP contribution is 2.22. The van der Waals surface area contributed by atoms with Gasteiger partial charge in [-0.15, -0.1) is 0 Å². The fourth-order valence-corrected chi connectivity index (χ4v) is 3.78. The van der Waals surface area contributed by atoms with Crippen LogP contribution in [0.25, 0.3) is 0 Å². The number of aryl methyl sites for hydroxylation is 1. The summed E-state index contributed by atoms with van der Waals surface area (Å²) in [7, 11) is -3.44. The molecule has 0 heterocycles. The monoisotopic (exact) mass is 376 g/mol. The van der Waals surface area contributed by atoms with Gasteiger partial charge in [0, 0.05) is 19.0 Å². The van der Waals surface area contributed by atoms with Crippen LogP contribution in [0.15, 0.2) is 53.4 Å². The second-order valence-corrected chi connectivity index (χ2v) is 8.16. The van der Waals surface area contributed by atoms with Gasteiger partial charge in [-0.3, -0.25) is 4.79 Å². The number of sulfonamides is 1. The number of halogens is 1. The van der Waals surface area contributed by atoms with Gasteiger partial charge in [0.2, 0.25) is 15.9 Å². The number of benzene rings is 2. The molecule has 2 aromatic rings. The van der Waals surface area contributed by atoms with Gasteiger partial charge in [0.1, 0.15) is 5.82 Å². The summed E-state index contributed by atoms with van der Waals surface area (Å²) < 4.78 is 39.7. The maximum absolute atomic E-state index is 12.8. The summed E-state index contributed by atoms with van der Waals surface area (Å²) in [6.45, 7) is 0.350. The lowest BCUT2D eigenvalue weighted by atomic mass is 10.1. The molecule has 0 saturated heterocycles. The Hall–Kier alpha value is -2.25. The summed E-state index contributed by atoms with van der Waals surface area (Å²) in [5.41, 5.74) is 1.73. The molecule has 2 aromatic carbocycles. The van der Waals surface area contributed by atoms with Crippen molar-refractivity contribution >= 4 is 15.9 Å². The van der Waals surface area contributed by atoms with Crippen molar-refractivity contribution < 1.29 is 17.6 Å². The van der Waals surface area contributed by atoms with E-state index in [9.17, 15) is 17.6 Å². The van der Waals surface area contributed by atoms with E-state index in [4.69, 9.17) is 0 Å². The minimum absolute atomic E-state index is 0.0736. The third-order valence-corrected chi connectivity index (χ3v) is 5.71. The zero-order valence-corrected chi connectivity index (χ0v) is 15.1. The normalized spacial score (nSPS) is 14.2. The van der Waals surface area contributed by atoms with Gasteiger partial charge < -0.3 is 5.32 Å². The maximum atomic E-state index is 12.8. The Kier molecular flexibility index (Phi) is 5.68. The van der Waals surface area contributed by atoms with Gasteiger partial charge in [0.25, 0.3) is 0 Å². The van der Waals surface area contributed by atoms with Crippen LogP contribution in [0.4, 0.5) is 4.39 Å². The van der Waals surface area contributed by atoms with Crippen LogP contribution in [0.1, 0.15) is 30.4 Å². The Bertz CT molecular complexity index is 861. The van der Waals surface area contributed by atoms with Gasteiger partial charge in [-0.05, 0) is 54.7 Å². The SMILES string of the molecule is O=C(CCc1ccc(S(=O)(=O)NC2CC2)cc1)NCc1ccc(F)cc1. The van der Waals surface area contributed by atoms with E-state index in [1.165, 1.54) is 12.1 Å². The smallest absolute Gasteiger partial charge is 0.240 e. The molecule has 0 unspecified atom stereocenters. The molecule has 0 aromatic heterocycles. The predicted octanol–water partition coefficient (Wildman–Crippen LogP) is 2.52. The Labute approximate surface area is 152 Å². The first-order chi connectivity index (χ1) is 12.4. The Balaban J connectivity index is 1.46. The van der Waals surface area contributed by atoms with E-state index < -0.39 is 10.0 Å². The molecule has 1 amide bonds. The molecule has 2 N–H and O–H groups in total. The Morgan fingerprint density at radius 3 is 2.23 bits per heavy atom. The molecule has 26 heavy (non-hydrogen) atoms. The van der Waals surface area contributed by atoms with Crippen LogP contribution in [0.2, 0.25) is 0 Å². The summed E-state index contributed by atoms with van der Waals surface area (Å²) in [5.74, 6) is -0.417. The van der Waals surface area contributed by atoms with E-state index in [-0.39, 0.29) is 22.7 Å². The number of amides is 1. The van der Waals surface area contributed by atoms with Crippen LogP contribution in [0.5, 0.6) is 0 Å². The van der Waals surface area contributed by atoms with Crippen molar-refractivity contribution in [3.05, 3.63) is 65.5 Å². The molecule has 0 bridgehead atoms.